The second-order valence-electron chi connectivity index (χ2n) is 4.22. The molecular formula is C14H14ClNO2S. The van der Waals surface area contributed by atoms with Gasteiger partial charge in [0.25, 0.3) is 0 Å². The van der Waals surface area contributed by atoms with Crippen LogP contribution >= 0.6 is 11.6 Å². The van der Waals surface area contributed by atoms with Crippen LogP contribution in [-0.2, 0) is 16.6 Å². The topological polar surface area (TPSA) is 46.2 Å². The lowest BCUT2D eigenvalue weighted by molar-refractivity contribution is 0.580. The second-order valence-corrected chi connectivity index (χ2v) is 6.39. The van der Waals surface area contributed by atoms with E-state index < -0.39 is 10.0 Å². The van der Waals surface area contributed by atoms with Crippen LogP contribution in [0.15, 0.2) is 53.4 Å². The van der Waals surface area contributed by atoms with E-state index in [1.54, 1.807) is 19.1 Å². The third-order valence-electron chi connectivity index (χ3n) is 2.75. The Bertz CT molecular complexity index is 669. The molecule has 1 N–H and O–H groups in total. The number of benzene rings is 2. The molecule has 0 aliphatic carbocycles. The Balaban J connectivity index is 2.21. The van der Waals surface area contributed by atoms with Crippen molar-refractivity contribution in [2.45, 2.75) is 18.4 Å². The number of rotatable bonds is 4. The lowest BCUT2D eigenvalue weighted by Crippen LogP contribution is -2.24. The fourth-order valence-electron chi connectivity index (χ4n) is 1.72. The summed E-state index contributed by atoms with van der Waals surface area (Å²) in [4.78, 5) is 0.218. The van der Waals surface area contributed by atoms with Crippen molar-refractivity contribution in [2.24, 2.45) is 0 Å². The molecule has 0 aliphatic heterocycles. The van der Waals surface area contributed by atoms with Gasteiger partial charge in [0.15, 0.2) is 0 Å². The maximum atomic E-state index is 12.2. The van der Waals surface area contributed by atoms with Crippen molar-refractivity contribution in [1.82, 2.24) is 4.72 Å². The summed E-state index contributed by atoms with van der Waals surface area (Å²) in [5, 5.41) is 0.408. The van der Waals surface area contributed by atoms with Gasteiger partial charge in [0.05, 0.1) is 4.90 Å². The van der Waals surface area contributed by atoms with Crippen LogP contribution in [0, 0.1) is 6.92 Å². The summed E-state index contributed by atoms with van der Waals surface area (Å²) in [6, 6.07) is 14.2. The number of halogens is 1. The summed E-state index contributed by atoms with van der Waals surface area (Å²) in [6.45, 7) is 2.00. The van der Waals surface area contributed by atoms with Crippen molar-refractivity contribution in [1.29, 1.82) is 0 Å². The standard InChI is InChI=1S/C14H14ClNO2S/c1-11-7-8-13(15)9-14(11)19(17,18)16-10-12-5-3-2-4-6-12/h2-9,16H,10H2,1H3. The maximum absolute atomic E-state index is 12.2. The smallest absolute Gasteiger partial charge is 0.207 e. The zero-order valence-corrected chi connectivity index (χ0v) is 12.0. The van der Waals surface area contributed by atoms with Gasteiger partial charge in [-0.2, -0.15) is 0 Å². The van der Waals surface area contributed by atoms with Gasteiger partial charge in [-0.15, -0.1) is 0 Å². The lowest BCUT2D eigenvalue weighted by atomic mass is 10.2. The average Bonchev–Trinajstić information content (AvgIpc) is 2.40. The molecule has 0 atom stereocenters. The fourth-order valence-corrected chi connectivity index (χ4v) is 3.24. The van der Waals surface area contributed by atoms with Gasteiger partial charge in [0, 0.05) is 11.6 Å². The summed E-state index contributed by atoms with van der Waals surface area (Å²) >= 11 is 5.85. The van der Waals surface area contributed by atoms with Gasteiger partial charge in [-0.1, -0.05) is 48.0 Å². The first kappa shape index (κ1) is 14.1. The predicted molar refractivity (Wildman–Crippen MR) is 76.7 cm³/mol. The van der Waals surface area contributed by atoms with Crippen molar-refractivity contribution >= 4 is 21.6 Å². The third-order valence-corrected chi connectivity index (χ3v) is 4.53. The van der Waals surface area contributed by atoms with E-state index in [4.69, 9.17) is 11.6 Å². The molecule has 0 aromatic heterocycles. The Morgan fingerprint density at radius 1 is 1.11 bits per heavy atom. The van der Waals surface area contributed by atoms with E-state index in [9.17, 15) is 8.42 Å². The number of hydrogen-bond acceptors (Lipinski definition) is 2. The highest BCUT2D eigenvalue weighted by molar-refractivity contribution is 7.89. The van der Waals surface area contributed by atoms with Crippen LogP contribution in [0.5, 0.6) is 0 Å². The molecule has 5 heteroatoms. The Morgan fingerprint density at radius 3 is 2.47 bits per heavy atom. The summed E-state index contributed by atoms with van der Waals surface area (Å²) in [5.74, 6) is 0. The van der Waals surface area contributed by atoms with E-state index >= 15 is 0 Å². The molecule has 0 fully saturated rings. The van der Waals surface area contributed by atoms with Crippen molar-refractivity contribution in [2.75, 3.05) is 0 Å². The molecule has 0 bridgehead atoms. The molecule has 0 spiro atoms. The fraction of sp³-hybridized carbons (Fsp3) is 0.143. The van der Waals surface area contributed by atoms with Crippen LogP contribution in [0.2, 0.25) is 5.02 Å². The second kappa shape index (κ2) is 5.74. The first-order chi connectivity index (χ1) is 8.99. The van der Waals surface area contributed by atoms with Gasteiger partial charge >= 0.3 is 0 Å². The molecule has 0 heterocycles. The Hall–Kier alpha value is -1.36. The van der Waals surface area contributed by atoms with Crippen LogP contribution in [0.25, 0.3) is 0 Å². The molecule has 0 aliphatic rings. The normalized spacial score (nSPS) is 11.5. The van der Waals surface area contributed by atoms with Gasteiger partial charge in [-0.05, 0) is 30.2 Å². The van der Waals surface area contributed by atoms with Gasteiger partial charge < -0.3 is 0 Å². The van der Waals surface area contributed by atoms with E-state index in [1.807, 2.05) is 30.3 Å². The summed E-state index contributed by atoms with van der Waals surface area (Å²) in [6.07, 6.45) is 0. The predicted octanol–water partition coefficient (Wildman–Crippen LogP) is 3.13. The summed E-state index contributed by atoms with van der Waals surface area (Å²) in [7, 11) is -3.55. The van der Waals surface area contributed by atoms with Gasteiger partial charge in [0.1, 0.15) is 0 Å². The molecular weight excluding hydrogens is 282 g/mol. The Kier molecular flexibility index (Phi) is 4.24. The number of aryl methyl sites for hydroxylation is 1. The molecule has 3 nitrogen and oxygen atoms in total. The molecule has 2 aromatic rings. The van der Waals surface area contributed by atoms with Crippen LogP contribution < -0.4 is 4.72 Å². The van der Waals surface area contributed by atoms with Crippen LogP contribution in [0.4, 0.5) is 0 Å². The van der Waals surface area contributed by atoms with Crippen molar-refractivity contribution < 1.29 is 8.42 Å². The molecule has 0 amide bonds. The molecule has 100 valence electrons. The van der Waals surface area contributed by atoms with Crippen LogP contribution in [-0.4, -0.2) is 8.42 Å². The van der Waals surface area contributed by atoms with Gasteiger partial charge in [-0.25, -0.2) is 13.1 Å². The van der Waals surface area contributed by atoms with Crippen LogP contribution in [0.1, 0.15) is 11.1 Å². The number of nitrogens with one attached hydrogen (secondary N) is 1. The maximum Gasteiger partial charge on any atom is 0.241 e. The minimum absolute atomic E-state index is 0.218. The van der Waals surface area contributed by atoms with E-state index in [1.165, 1.54) is 6.07 Å². The Labute approximate surface area is 118 Å². The minimum Gasteiger partial charge on any atom is -0.207 e. The highest BCUT2D eigenvalue weighted by Gasteiger charge is 2.16. The summed E-state index contributed by atoms with van der Waals surface area (Å²) in [5.41, 5.74) is 1.58. The first-order valence-corrected chi connectivity index (χ1v) is 7.65. The highest BCUT2D eigenvalue weighted by atomic mass is 35.5. The Morgan fingerprint density at radius 2 is 1.79 bits per heavy atom. The first-order valence-electron chi connectivity index (χ1n) is 5.79. The molecule has 0 saturated heterocycles. The molecule has 0 unspecified atom stereocenters. The van der Waals surface area contributed by atoms with E-state index in [2.05, 4.69) is 4.72 Å². The largest absolute Gasteiger partial charge is 0.241 e. The molecule has 19 heavy (non-hydrogen) atoms. The van der Waals surface area contributed by atoms with E-state index in [0.717, 1.165) is 5.56 Å². The molecule has 0 radical (unpaired) electrons. The monoisotopic (exact) mass is 295 g/mol. The number of hydrogen-bond donors (Lipinski definition) is 1. The van der Waals surface area contributed by atoms with Crippen molar-refractivity contribution in [3.05, 3.63) is 64.7 Å². The van der Waals surface area contributed by atoms with Crippen LogP contribution in [0.3, 0.4) is 0 Å². The minimum atomic E-state index is -3.55. The van der Waals surface area contributed by atoms with E-state index in [-0.39, 0.29) is 11.4 Å². The zero-order chi connectivity index (χ0) is 13.9. The van der Waals surface area contributed by atoms with Crippen molar-refractivity contribution in [3.63, 3.8) is 0 Å². The SMILES string of the molecule is Cc1ccc(Cl)cc1S(=O)(=O)NCc1ccccc1. The molecule has 0 saturated carbocycles. The van der Waals surface area contributed by atoms with E-state index in [0.29, 0.717) is 10.6 Å². The zero-order valence-electron chi connectivity index (χ0n) is 10.4. The molecule has 2 aromatic carbocycles. The average molecular weight is 296 g/mol. The molecule has 2 rings (SSSR count). The lowest BCUT2D eigenvalue weighted by Gasteiger charge is -2.09. The quantitative estimate of drug-likeness (QED) is 0.942. The van der Waals surface area contributed by atoms with Crippen molar-refractivity contribution in [3.8, 4) is 0 Å². The highest BCUT2D eigenvalue weighted by Crippen LogP contribution is 2.20. The summed E-state index contributed by atoms with van der Waals surface area (Å²) < 4.78 is 27.0. The van der Waals surface area contributed by atoms with Gasteiger partial charge in [-0.3, -0.25) is 0 Å². The van der Waals surface area contributed by atoms with Gasteiger partial charge in [0.2, 0.25) is 10.0 Å². The third kappa shape index (κ3) is 3.56. The number of sulfonamides is 1.